The lowest BCUT2D eigenvalue weighted by Gasteiger charge is -2.17. The Morgan fingerprint density at radius 3 is 1.38 bits per heavy atom. The van der Waals surface area contributed by atoms with Crippen molar-refractivity contribution in [1.29, 1.82) is 0 Å². The summed E-state index contributed by atoms with van der Waals surface area (Å²) in [6.45, 7) is 0. The van der Waals surface area contributed by atoms with Crippen molar-refractivity contribution in [3.8, 4) is 40.1 Å². The van der Waals surface area contributed by atoms with Crippen LogP contribution in [-0.4, -0.2) is 72.1 Å². The van der Waals surface area contributed by atoms with E-state index in [1.807, 2.05) is 121 Å². The molecule has 0 saturated carbocycles. The third-order valence-electron chi connectivity index (χ3n) is 9.46. The Balaban J connectivity index is 0.000000218. The number of rotatable bonds is 14. The number of hydrogen-bond acceptors (Lipinski definition) is 13. The topological polar surface area (TPSA) is 172 Å². The minimum Gasteiger partial charge on any atom is -0.467 e. The van der Waals surface area contributed by atoms with Gasteiger partial charge in [-0.25, -0.2) is 29.5 Å². The molecule has 0 bridgehead atoms. The molecule has 2 N–H and O–H groups in total. The van der Waals surface area contributed by atoms with Crippen molar-refractivity contribution in [2.24, 2.45) is 0 Å². The molecule has 0 aliphatic rings. The number of carbonyl (C=O) groups is 2. The summed E-state index contributed by atoms with van der Waals surface area (Å²) in [5.41, 5.74) is 0.806. The van der Waals surface area contributed by atoms with E-state index >= 15 is 0 Å². The van der Waals surface area contributed by atoms with Crippen molar-refractivity contribution in [3.05, 3.63) is 187 Å². The quantitative estimate of drug-likeness (QED) is 0.0463. The van der Waals surface area contributed by atoms with Gasteiger partial charge in [0.25, 0.3) is 0 Å². The number of esters is 2. The van der Waals surface area contributed by atoms with Crippen LogP contribution < -0.4 is 14.8 Å². The van der Waals surface area contributed by atoms with Crippen LogP contribution in [0.15, 0.2) is 164 Å². The van der Waals surface area contributed by atoms with Crippen molar-refractivity contribution in [3.63, 3.8) is 0 Å². The van der Waals surface area contributed by atoms with E-state index in [-0.39, 0.29) is 5.97 Å². The summed E-state index contributed by atoms with van der Waals surface area (Å²) in [5, 5.41) is 6.18. The van der Waals surface area contributed by atoms with Gasteiger partial charge in [-0.1, -0.05) is 103 Å². The lowest BCUT2D eigenvalue weighted by Crippen LogP contribution is -2.33. The molecule has 2 unspecified atom stereocenters. The number of anilines is 2. The molecule has 0 fully saturated rings. The van der Waals surface area contributed by atoms with Crippen LogP contribution in [0.2, 0.25) is 0 Å². The highest BCUT2D eigenvalue weighted by molar-refractivity contribution is 7.88. The maximum Gasteiger partial charge on any atom is 0.534 e. The summed E-state index contributed by atoms with van der Waals surface area (Å²) in [6, 6.07) is 43.7. The molecule has 0 radical (unpaired) electrons. The molecule has 7 aromatic rings. The lowest BCUT2D eigenvalue weighted by molar-refractivity contribution is -0.142. The lowest BCUT2D eigenvalue weighted by atomic mass is 10.1. The molecule has 0 amide bonds. The van der Waals surface area contributed by atoms with Gasteiger partial charge in [-0.05, 0) is 59.7 Å². The van der Waals surface area contributed by atoms with Crippen molar-refractivity contribution >= 4 is 33.7 Å². The third-order valence-corrected chi connectivity index (χ3v) is 10.4. The number of halogens is 3. The first-order chi connectivity index (χ1) is 31.8. The Labute approximate surface area is 379 Å². The second-order valence-corrected chi connectivity index (χ2v) is 15.6. The van der Waals surface area contributed by atoms with Gasteiger partial charge in [0.15, 0.2) is 0 Å². The molecule has 0 spiro atoms. The smallest absolute Gasteiger partial charge is 0.467 e. The maximum atomic E-state index is 12.5. The van der Waals surface area contributed by atoms with Gasteiger partial charge >= 0.3 is 27.6 Å². The van der Waals surface area contributed by atoms with Gasteiger partial charge in [0, 0.05) is 47.2 Å². The minimum atomic E-state index is -5.76. The number of carbonyl (C=O) groups excluding carboxylic acids is 2. The SMILES string of the molecule is COC(=O)C(Cc1ccccc1)Nc1cc(-c2ccc(C#Cc3ccccc3)cc2)ncn1.COC(=O)C(Cc1ccccc1)Nc1cc(-c2ccc(OS(=O)(=O)C(F)(F)F)cc2)ncn1. The molecule has 2 heterocycles. The zero-order valence-electron chi connectivity index (χ0n) is 35.3. The van der Waals surface area contributed by atoms with Crippen LogP contribution in [0.3, 0.4) is 0 Å². The number of hydrogen-bond donors (Lipinski definition) is 2. The second kappa shape index (κ2) is 22.5. The minimum absolute atomic E-state index is 0.311. The van der Waals surface area contributed by atoms with Gasteiger partial charge in [-0.15, -0.1) is 0 Å². The normalized spacial score (nSPS) is 11.8. The van der Waals surface area contributed by atoms with Crippen molar-refractivity contribution < 1.29 is 44.8 Å². The van der Waals surface area contributed by atoms with Crippen LogP contribution in [0.5, 0.6) is 5.75 Å². The van der Waals surface area contributed by atoms with Crippen LogP contribution in [0.1, 0.15) is 22.3 Å². The Hall–Kier alpha value is -8.10. The highest BCUT2D eigenvalue weighted by atomic mass is 32.2. The van der Waals surface area contributed by atoms with E-state index in [2.05, 4.69) is 46.6 Å². The molecule has 17 heteroatoms. The Morgan fingerprint density at radius 2 is 0.970 bits per heavy atom. The average Bonchev–Trinajstić information content (AvgIpc) is 3.34. The van der Waals surface area contributed by atoms with Crippen LogP contribution >= 0.6 is 0 Å². The summed E-state index contributed by atoms with van der Waals surface area (Å²) in [7, 11) is -3.11. The Bertz CT molecular complexity index is 2870. The van der Waals surface area contributed by atoms with E-state index in [0.717, 1.165) is 45.6 Å². The number of aromatic nitrogens is 4. The molecule has 0 saturated heterocycles. The highest BCUT2D eigenvalue weighted by Crippen LogP contribution is 2.29. The summed E-state index contributed by atoms with van der Waals surface area (Å²) in [4.78, 5) is 41.4. The molecule has 0 aliphatic heterocycles. The molecule has 66 heavy (non-hydrogen) atoms. The van der Waals surface area contributed by atoms with Crippen LogP contribution in [0.25, 0.3) is 22.5 Å². The highest BCUT2D eigenvalue weighted by Gasteiger charge is 2.48. The molecule has 2 aromatic heterocycles. The fraction of sp³-hybridized carbons (Fsp3) is 0.143. The summed E-state index contributed by atoms with van der Waals surface area (Å²) in [5.74, 6) is 5.85. The molecule has 7 rings (SSSR count). The monoisotopic (exact) mass is 914 g/mol. The van der Waals surface area contributed by atoms with Crippen LogP contribution in [-0.2, 0) is 42.0 Å². The molecule has 13 nitrogen and oxygen atoms in total. The van der Waals surface area contributed by atoms with Crippen molar-refractivity contribution in [1.82, 2.24) is 19.9 Å². The first-order valence-electron chi connectivity index (χ1n) is 20.0. The van der Waals surface area contributed by atoms with E-state index in [9.17, 15) is 31.2 Å². The Kier molecular flexibility index (Phi) is 16.2. The number of benzene rings is 5. The number of nitrogens with zero attached hydrogens (tertiary/aromatic N) is 4. The van der Waals surface area contributed by atoms with Gasteiger partial charge in [0.2, 0.25) is 0 Å². The number of methoxy groups -OCH3 is 2. The fourth-order valence-electron chi connectivity index (χ4n) is 6.16. The number of alkyl halides is 3. The molecular weight excluding hydrogens is 874 g/mol. The number of nitrogens with one attached hydrogen (secondary N) is 2. The van der Waals surface area contributed by atoms with Crippen LogP contribution in [0.4, 0.5) is 24.8 Å². The number of ether oxygens (including phenoxy) is 2. The molecule has 0 aliphatic carbocycles. The third kappa shape index (κ3) is 13.7. The van der Waals surface area contributed by atoms with Crippen molar-refractivity contribution in [2.45, 2.75) is 30.4 Å². The average molecular weight is 915 g/mol. The zero-order chi connectivity index (χ0) is 46.9. The van der Waals surface area contributed by atoms with Crippen LogP contribution in [0, 0.1) is 11.8 Å². The standard InChI is InChI=1S/C28H23N3O2.C21H18F3N3O5S/c1-33-28(32)26(18-23-10-6-3-7-11-23)31-27-19-25(29-20-30-27)24-16-14-22(15-17-24)13-12-21-8-4-2-5-9-21;1-31-20(28)18(11-14-5-3-2-4-6-14)27-19-12-17(25-13-26-19)15-7-9-16(10-8-15)32-33(29,30)21(22,23)24/h2-11,14-17,19-20,26H,18H2,1H3,(H,29,30,31);2-10,12-13,18H,11H2,1H3,(H,25,26,27). The van der Waals surface area contributed by atoms with Gasteiger partial charge in [0.05, 0.1) is 25.6 Å². The summed E-state index contributed by atoms with van der Waals surface area (Å²) >= 11 is 0. The largest absolute Gasteiger partial charge is 0.534 e. The molecular formula is C49H41F3N6O7S. The molecule has 336 valence electrons. The molecule has 2 atom stereocenters. The Morgan fingerprint density at radius 1 is 0.576 bits per heavy atom. The molecule has 5 aromatic carbocycles. The van der Waals surface area contributed by atoms with Gasteiger partial charge in [0.1, 0.15) is 42.1 Å². The fourth-order valence-corrected chi connectivity index (χ4v) is 6.62. The van der Waals surface area contributed by atoms with E-state index in [0.29, 0.717) is 35.7 Å². The van der Waals surface area contributed by atoms with E-state index in [4.69, 9.17) is 9.47 Å². The maximum absolute atomic E-state index is 12.5. The van der Waals surface area contributed by atoms with E-state index in [1.54, 1.807) is 0 Å². The zero-order valence-corrected chi connectivity index (χ0v) is 36.2. The van der Waals surface area contributed by atoms with Gasteiger partial charge < -0.3 is 24.3 Å². The summed E-state index contributed by atoms with van der Waals surface area (Å²) < 4.78 is 73.6. The van der Waals surface area contributed by atoms with E-state index in [1.165, 1.54) is 45.1 Å². The first kappa shape index (κ1) is 47.4. The van der Waals surface area contributed by atoms with Gasteiger partial charge in [-0.3, -0.25) is 0 Å². The second-order valence-electron chi connectivity index (χ2n) is 14.1. The first-order valence-corrected chi connectivity index (χ1v) is 21.4. The van der Waals surface area contributed by atoms with Gasteiger partial charge in [-0.2, -0.15) is 21.6 Å². The predicted octanol–water partition coefficient (Wildman–Crippen LogP) is 8.31. The predicted molar refractivity (Wildman–Crippen MR) is 242 cm³/mol. The van der Waals surface area contributed by atoms with E-state index < -0.39 is 39.4 Å². The van der Waals surface area contributed by atoms with Crippen molar-refractivity contribution in [2.75, 3.05) is 24.9 Å². The summed E-state index contributed by atoms with van der Waals surface area (Å²) in [6.07, 6.45) is 3.55.